The smallest absolute Gasteiger partial charge is 0.146 e. The second-order valence-corrected chi connectivity index (χ2v) is 5.22. The molecule has 4 heteroatoms. The number of rotatable bonds is 4. The molecule has 0 amide bonds. The largest absolute Gasteiger partial charge is 0.305 e. The lowest BCUT2D eigenvalue weighted by molar-refractivity contribution is 0.549. The van der Waals surface area contributed by atoms with E-state index in [-0.39, 0.29) is 16.9 Å². The van der Waals surface area contributed by atoms with Gasteiger partial charge in [0.1, 0.15) is 5.82 Å². The van der Waals surface area contributed by atoms with Crippen LogP contribution in [0.2, 0.25) is 5.02 Å². The highest BCUT2D eigenvalue weighted by molar-refractivity contribution is 7.10. The van der Waals surface area contributed by atoms with E-state index in [9.17, 15) is 4.39 Å². The van der Waals surface area contributed by atoms with Crippen molar-refractivity contribution in [3.05, 3.63) is 57.0 Å². The number of hydrogen-bond donors (Lipinski definition) is 1. The Morgan fingerprint density at radius 1 is 1.35 bits per heavy atom. The van der Waals surface area contributed by atoms with E-state index in [0.29, 0.717) is 12.1 Å². The summed E-state index contributed by atoms with van der Waals surface area (Å²) in [6.45, 7) is 2.54. The van der Waals surface area contributed by atoms with Crippen LogP contribution in [-0.4, -0.2) is 0 Å². The molecule has 0 spiro atoms. The molecule has 0 saturated heterocycles. The van der Waals surface area contributed by atoms with Gasteiger partial charge in [0.2, 0.25) is 0 Å². The average molecular weight is 270 g/mol. The van der Waals surface area contributed by atoms with Gasteiger partial charge in [-0.3, -0.25) is 0 Å². The molecule has 1 aromatic heterocycles. The summed E-state index contributed by atoms with van der Waals surface area (Å²) in [4.78, 5) is 1.24. The average Bonchev–Trinajstić information content (AvgIpc) is 2.84. The third-order valence-electron chi connectivity index (χ3n) is 2.60. The van der Waals surface area contributed by atoms with E-state index in [1.54, 1.807) is 29.5 Å². The molecule has 0 aliphatic rings. The lowest BCUT2D eigenvalue weighted by atomic mass is 10.2. The van der Waals surface area contributed by atoms with Crippen molar-refractivity contribution in [1.29, 1.82) is 0 Å². The Kier molecular flexibility index (Phi) is 4.15. The van der Waals surface area contributed by atoms with Crippen molar-refractivity contribution >= 4 is 22.9 Å². The second-order valence-electron chi connectivity index (χ2n) is 3.83. The van der Waals surface area contributed by atoms with Crippen LogP contribution in [0.25, 0.3) is 0 Å². The van der Waals surface area contributed by atoms with Crippen LogP contribution >= 0.6 is 22.9 Å². The summed E-state index contributed by atoms with van der Waals surface area (Å²) in [5, 5.41) is 5.49. The second kappa shape index (κ2) is 5.63. The van der Waals surface area contributed by atoms with Crippen LogP contribution in [0.3, 0.4) is 0 Å². The van der Waals surface area contributed by atoms with E-state index >= 15 is 0 Å². The topological polar surface area (TPSA) is 12.0 Å². The van der Waals surface area contributed by atoms with Gasteiger partial charge in [0.25, 0.3) is 0 Å². The van der Waals surface area contributed by atoms with Crippen LogP contribution in [0.15, 0.2) is 35.7 Å². The summed E-state index contributed by atoms with van der Waals surface area (Å²) in [6, 6.07) is 9.36. The minimum Gasteiger partial charge on any atom is -0.305 e. The molecule has 0 unspecified atom stereocenters. The monoisotopic (exact) mass is 269 g/mol. The molecule has 1 N–H and O–H groups in total. The van der Waals surface area contributed by atoms with Crippen molar-refractivity contribution in [1.82, 2.24) is 5.32 Å². The van der Waals surface area contributed by atoms with Crippen molar-refractivity contribution in [2.24, 2.45) is 0 Å². The van der Waals surface area contributed by atoms with Crippen LogP contribution in [0.5, 0.6) is 0 Å². The van der Waals surface area contributed by atoms with Gasteiger partial charge in [-0.05, 0) is 24.4 Å². The summed E-state index contributed by atoms with van der Waals surface area (Å²) in [5.74, 6) is -0.333. The van der Waals surface area contributed by atoms with Gasteiger partial charge >= 0.3 is 0 Å². The Balaban J connectivity index is 2.00. The zero-order valence-corrected chi connectivity index (χ0v) is 11.0. The van der Waals surface area contributed by atoms with E-state index in [1.165, 1.54) is 4.88 Å². The van der Waals surface area contributed by atoms with Gasteiger partial charge in [0, 0.05) is 23.0 Å². The number of thiophene rings is 1. The third kappa shape index (κ3) is 3.06. The Hall–Kier alpha value is -0.900. The van der Waals surface area contributed by atoms with E-state index in [4.69, 9.17) is 11.6 Å². The van der Waals surface area contributed by atoms with Gasteiger partial charge < -0.3 is 5.32 Å². The fraction of sp³-hybridized carbons (Fsp3) is 0.231. The molecule has 1 aromatic carbocycles. The molecule has 0 fully saturated rings. The molecular weight excluding hydrogens is 257 g/mol. The van der Waals surface area contributed by atoms with Gasteiger partial charge in [0.05, 0.1) is 5.02 Å². The van der Waals surface area contributed by atoms with Crippen LogP contribution in [-0.2, 0) is 6.54 Å². The summed E-state index contributed by atoms with van der Waals surface area (Å²) in [7, 11) is 0. The quantitative estimate of drug-likeness (QED) is 0.868. The fourth-order valence-electron chi connectivity index (χ4n) is 1.59. The molecule has 1 atom stereocenters. The molecule has 0 saturated carbocycles. The number of hydrogen-bond acceptors (Lipinski definition) is 2. The maximum atomic E-state index is 13.6. The summed E-state index contributed by atoms with van der Waals surface area (Å²) in [6.07, 6.45) is 0. The lowest BCUT2D eigenvalue weighted by Crippen LogP contribution is -2.17. The number of benzene rings is 1. The van der Waals surface area contributed by atoms with Gasteiger partial charge in [-0.15, -0.1) is 11.3 Å². The molecule has 1 heterocycles. The maximum Gasteiger partial charge on any atom is 0.146 e. The van der Waals surface area contributed by atoms with Crippen molar-refractivity contribution in [3.63, 3.8) is 0 Å². The minimum atomic E-state index is -0.333. The van der Waals surface area contributed by atoms with E-state index in [2.05, 4.69) is 18.3 Å². The number of halogens is 2. The van der Waals surface area contributed by atoms with E-state index in [0.717, 1.165) is 0 Å². The van der Waals surface area contributed by atoms with E-state index in [1.807, 2.05) is 11.4 Å². The molecular formula is C13H13ClFNS. The van der Waals surface area contributed by atoms with Gasteiger partial charge in [0.15, 0.2) is 0 Å². The first kappa shape index (κ1) is 12.6. The van der Waals surface area contributed by atoms with Crippen molar-refractivity contribution in [2.75, 3.05) is 0 Å². The molecule has 2 rings (SSSR count). The molecule has 1 nitrogen and oxygen atoms in total. The summed E-state index contributed by atoms with van der Waals surface area (Å²) < 4.78 is 13.6. The van der Waals surface area contributed by atoms with Crippen LogP contribution in [0, 0.1) is 5.82 Å². The molecule has 2 aromatic rings. The first-order valence-electron chi connectivity index (χ1n) is 5.38. The lowest BCUT2D eigenvalue weighted by Gasteiger charge is -2.12. The van der Waals surface area contributed by atoms with Gasteiger partial charge in [-0.2, -0.15) is 0 Å². The standard InChI is InChI=1S/C13H13ClFNS/c1-9(12-6-3-7-17-12)16-8-10-4-2-5-11(14)13(10)15/h2-7,9,16H,8H2,1H3/t9-/m1/s1. The predicted molar refractivity (Wildman–Crippen MR) is 71.0 cm³/mol. The molecule has 90 valence electrons. The van der Waals surface area contributed by atoms with Crippen LogP contribution in [0.1, 0.15) is 23.4 Å². The molecule has 0 aliphatic carbocycles. The third-order valence-corrected chi connectivity index (χ3v) is 3.95. The molecule has 17 heavy (non-hydrogen) atoms. The highest BCUT2D eigenvalue weighted by Gasteiger charge is 2.09. The fourth-order valence-corrected chi connectivity index (χ4v) is 2.54. The Morgan fingerprint density at radius 2 is 2.18 bits per heavy atom. The summed E-state index contributed by atoms with van der Waals surface area (Å²) >= 11 is 7.42. The Labute approximate surface area is 109 Å². The van der Waals surface area contributed by atoms with Crippen molar-refractivity contribution in [3.8, 4) is 0 Å². The molecule has 0 aliphatic heterocycles. The van der Waals surface area contributed by atoms with Crippen molar-refractivity contribution < 1.29 is 4.39 Å². The Morgan fingerprint density at radius 3 is 2.88 bits per heavy atom. The first-order valence-corrected chi connectivity index (χ1v) is 6.64. The predicted octanol–water partition coefficient (Wildman–Crippen LogP) is 4.39. The maximum absolute atomic E-state index is 13.6. The zero-order chi connectivity index (χ0) is 12.3. The van der Waals surface area contributed by atoms with Gasteiger partial charge in [-0.25, -0.2) is 4.39 Å². The van der Waals surface area contributed by atoms with Crippen LogP contribution < -0.4 is 5.32 Å². The van der Waals surface area contributed by atoms with E-state index < -0.39 is 0 Å². The molecule has 0 bridgehead atoms. The highest BCUT2D eigenvalue weighted by atomic mass is 35.5. The summed E-state index contributed by atoms with van der Waals surface area (Å²) in [5.41, 5.74) is 0.598. The SMILES string of the molecule is C[C@@H](NCc1cccc(Cl)c1F)c1cccs1. The zero-order valence-electron chi connectivity index (χ0n) is 9.41. The Bertz CT molecular complexity index is 484. The van der Waals surface area contributed by atoms with Crippen molar-refractivity contribution in [2.45, 2.75) is 19.5 Å². The minimum absolute atomic E-state index is 0.174. The van der Waals surface area contributed by atoms with Gasteiger partial charge in [-0.1, -0.05) is 29.8 Å². The van der Waals surface area contributed by atoms with Crippen LogP contribution in [0.4, 0.5) is 4.39 Å². The molecule has 0 radical (unpaired) electrons. The first-order chi connectivity index (χ1) is 8.18. The highest BCUT2D eigenvalue weighted by Crippen LogP contribution is 2.21. The normalized spacial score (nSPS) is 12.6. The number of nitrogens with one attached hydrogen (secondary N) is 1.